The van der Waals surface area contributed by atoms with E-state index in [0.717, 1.165) is 0 Å². The molecule has 0 heterocycles. The van der Waals surface area contributed by atoms with Crippen molar-refractivity contribution in [1.29, 1.82) is 0 Å². The zero-order valence-electron chi connectivity index (χ0n) is 13.7. The van der Waals surface area contributed by atoms with E-state index >= 15 is 8.78 Å². The van der Waals surface area contributed by atoms with E-state index in [1.807, 2.05) is 43.3 Å². The molecule has 0 aromatic heterocycles. The molecule has 2 aromatic carbocycles. The van der Waals surface area contributed by atoms with Crippen molar-refractivity contribution in [2.24, 2.45) is 0 Å². The first-order chi connectivity index (χ1) is 10.3. The van der Waals surface area contributed by atoms with Crippen LogP contribution in [0.15, 0.2) is 60.7 Å². The van der Waals surface area contributed by atoms with Gasteiger partial charge in [-0.05, 0) is 38.3 Å². The van der Waals surface area contributed by atoms with Gasteiger partial charge < -0.3 is 0 Å². The molecule has 0 amide bonds. The van der Waals surface area contributed by atoms with E-state index in [2.05, 4.69) is 0 Å². The molecule has 0 aliphatic heterocycles. The number of hydrogen-bond acceptors (Lipinski definition) is 0. The van der Waals surface area contributed by atoms with E-state index in [9.17, 15) is 0 Å². The normalized spacial score (nSPS) is 15.4. The highest BCUT2D eigenvalue weighted by atomic mass is 19.3. The molecular weight excluding hydrogens is 278 g/mol. The van der Waals surface area contributed by atoms with Crippen LogP contribution in [0.5, 0.6) is 0 Å². The molecule has 0 N–H and O–H groups in total. The third-order valence-electron chi connectivity index (χ3n) is 5.09. The Labute approximate surface area is 132 Å². The Morgan fingerprint density at radius 2 is 1.14 bits per heavy atom. The minimum Gasteiger partial charge on any atom is -0.205 e. The van der Waals surface area contributed by atoms with Crippen LogP contribution in [0, 0.1) is 0 Å². The molecule has 2 rings (SSSR count). The predicted octanol–water partition coefficient (Wildman–Crippen LogP) is 5.97. The van der Waals surface area contributed by atoms with Crippen LogP contribution < -0.4 is 0 Å². The summed E-state index contributed by atoms with van der Waals surface area (Å²) in [4.78, 5) is 0. The SMILES string of the molecule is CCC(C)(c1ccccc1)C(F)(F)C(C)(C)c1ccccc1. The van der Waals surface area contributed by atoms with E-state index in [-0.39, 0.29) is 0 Å². The van der Waals surface area contributed by atoms with Gasteiger partial charge in [-0.1, -0.05) is 67.6 Å². The molecule has 0 radical (unpaired) electrons. The van der Waals surface area contributed by atoms with E-state index in [1.165, 1.54) is 0 Å². The molecule has 0 saturated heterocycles. The summed E-state index contributed by atoms with van der Waals surface area (Å²) >= 11 is 0. The van der Waals surface area contributed by atoms with Gasteiger partial charge >= 0.3 is 0 Å². The summed E-state index contributed by atoms with van der Waals surface area (Å²) < 4.78 is 31.2. The van der Waals surface area contributed by atoms with Gasteiger partial charge in [0.1, 0.15) is 0 Å². The molecule has 0 nitrogen and oxygen atoms in total. The fourth-order valence-electron chi connectivity index (χ4n) is 3.14. The average Bonchev–Trinajstić information content (AvgIpc) is 2.55. The standard InChI is InChI=1S/C20H24F2/c1-5-19(4,17-14-10-7-11-15-17)20(21,22)18(2,3)16-12-8-6-9-13-16/h6-15H,5H2,1-4H3. The maximum Gasteiger partial charge on any atom is 0.266 e. The van der Waals surface area contributed by atoms with Crippen molar-refractivity contribution in [2.45, 2.75) is 50.9 Å². The third kappa shape index (κ3) is 2.45. The first-order valence-electron chi connectivity index (χ1n) is 7.76. The van der Waals surface area contributed by atoms with Crippen LogP contribution in [0.1, 0.15) is 45.2 Å². The van der Waals surface area contributed by atoms with E-state index in [0.29, 0.717) is 17.5 Å². The van der Waals surface area contributed by atoms with Crippen molar-refractivity contribution in [2.75, 3.05) is 0 Å². The lowest BCUT2D eigenvalue weighted by molar-refractivity contribution is -0.129. The topological polar surface area (TPSA) is 0 Å². The second kappa shape index (κ2) is 5.83. The molecule has 2 heteroatoms. The Hall–Kier alpha value is -1.70. The summed E-state index contributed by atoms with van der Waals surface area (Å²) in [5.74, 6) is -2.89. The zero-order valence-corrected chi connectivity index (χ0v) is 13.7. The summed E-state index contributed by atoms with van der Waals surface area (Å²) in [5, 5.41) is 0. The minimum atomic E-state index is -2.89. The van der Waals surface area contributed by atoms with Gasteiger partial charge in [0.25, 0.3) is 5.92 Å². The molecule has 1 atom stereocenters. The van der Waals surface area contributed by atoms with Gasteiger partial charge in [-0.3, -0.25) is 0 Å². The number of hydrogen-bond donors (Lipinski definition) is 0. The van der Waals surface area contributed by atoms with Crippen LogP contribution in [0.2, 0.25) is 0 Å². The predicted molar refractivity (Wildman–Crippen MR) is 88.5 cm³/mol. The van der Waals surface area contributed by atoms with Crippen LogP contribution in [-0.4, -0.2) is 5.92 Å². The number of benzene rings is 2. The first-order valence-corrected chi connectivity index (χ1v) is 7.76. The molecule has 0 aliphatic carbocycles. The largest absolute Gasteiger partial charge is 0.266 e. The van der Waals surface area contributed by atoms with Crippen molar-refractivity contribution in [1.82, 2.24) is 0 Å². The Morgan fingerprint density at radius 3 is 1.55 bits per heavy atom. The van der Waals surface area contributed by atoms with Crippen molar-refractivity contribution in [3.8, 4) is 0 Å². The smallest absolute Gasteiger partial charge is 0.205 e. The summed E-state index contributed by atoms with van der Waals surface area (Å²) in [6, 6.07) is 18.2. The van der Waals surface area contributed by atoms with Crippen LogP contribution in [0.4, 0.5) is 8.78 Å². The quantitative estimate of drug-likeness (QED) is 0.638. The maximum atomic E-state index is 15.6. The molecule has 1 unspecified atom stereocenters. The van der Waals surface area contributed by atoms with Crippen LogP contribution >= 0.6 is 0 Å². The molecule has 0 fully saturated rings. The maximum absolute atomic E-state index is 15.6. The fourth-order valence-corrected chi connectivity index (χ4v) is 3.14. The molecule has 0 aliphatic rings. The third-order valence-corrected chi connectivity index (χ3v) is 5.09. The molecule has 22 heavy (non-hydrogen) atoms. The summed E-state index contributed by atoms with van der Waals surface area (Å²) in [5.41, 5.74) is -1.12. The Morgan fingerprint density at radius 1 is 0.727 bits per heavy atom. The Balaban J connectivity index is 2.56. The number of rotatable bonds is 5. The molecule has 0 spiro atoms. The molecule has 118 valence electrons. The molecular formula is C20H24F2. The van der Waals surface area contributed by atoms with Crippen molar-refractivity contribution in [3.05, 3.63) is 71.8 Å². The second-order valence-corrected chi connectivity index (χ2v) is 6.62. The van der Waals surface area contributed by atoms with Gasteiger partial charge in [-0.2, -0.15) is 0 Å². The van der Waals surface area contributed by atoms with E-state index < -0.39 is 16.8 Å². The van der Waals surface area contributed by atoms with Crippen LogP contribution in [0.3, 0.4) is 0 Å². The van der Waals surface area contributed by atoms with Gasteiger partial charge in [0.15, 0.2) is 0 Å². The lowest BCUT2D eigenvalue weighted by Crippen LogP contribution is -2.54. The van der Waals surface area contributed by atoms with E-state index in [1.54, 1.807) is 45.0 Å². The summed E-state index contributed by atoms with van der Waals surface area (Å²) in [7, 11) is 0. The van der Waals surface area contributed by atoms with Gasteiger partial charge in [0, 0.05) is 0 Å². The number of halogens is 2. The molecule has 0 bridgehead atoms. The lowest BCUT2D eigenvalue weighted by Gasteiger charge is -2.46. The van der Waals surface area contributed by atoms with E-state index in [4.69, 9.17) is 0 Å². The molecule has 2 aromatic rings. The monoisotopic (exact) mass is 302 g/mol. The summed E-state index contributed by atoms with van der Waals surface area (Å²) in [6.07, 6.45) is 0.375. The molecule has 0 saturated carbocycles. The Bertz CT molecular complexity index is 602. The van der Waals surface area contributed by atoms with Crippen molar-refractivity contribution < 1.29 is 8.78 Å². The highest BCUT2D eigenvalue weighted by molar-refractivity contribution is 5.35. The number of alkyl halides is 2. The van der Waals surface area contributed by atoms with Crippen LogP contribution in [-0.2, 0) is 10.8 Å². The van der Waals surface area contributed by atoms with Crippen LogP contribution in [0.25, 0.3) is 0 Å². The Kier molecular flexibility index (Phi) is 4.42. The van der Waals surface area contributed by atoms with Gasteiger partial charge in [0.2, 0.25) is 0 Å². The fraction of sp³-hybridized carbons (Fsp3) is 0.400. The lowest BCUT2D eigenvalue weighted by atomic mass is 9.63. The average molecular weight is 302 g/mol. The first kappa shape index (κ1) is 16.7. The van der Waals surface area contributed by atoms with Crippen molar-refractivity contribution in [3.63, 3.8) is 0 Å². The van der Waals surface area contributed by atoms with Crippen molar-refractivity contribution >= 4 is 0 Å². The highest BCUT2D eigenvalue weighted by Crippen LogP contribution is 2.52. The van der Waals surface area contributed by atoms with Gasteiger partial charge in [-0.15, -0.1) is 0 Å². The summed E-state index contributed by atoms with van der Waals surface area (Å²) in [6.45, 7) is 6.79. The second-order valence-electron chi connectivity index (χ2n) is 6.62. The zero-order chi connectivity index (χ0) is 16.4. The highest BCUT2D eigenvalue weighted by Gasteiger charge is 2.59. The van der Waals surface area contributed by atoms with Gasteiger partial charge in [0.05, 0.1) is 10.8 Å². The minimum absolute atomic E-state index is 0.375. The van der Waals surface area contributed by atoms with Gasteiger partial charge in [-0.25, -0.2) is 8.78 Å².